The number of halogens is 4. The molecule has 2 N–H and O–H groups in total. The van der Waals surface area contributed by atoms with Crippen molar-refractivity contribution in [1.82, 2.24) is 20.3 Å². The van der Waals surface area contributed by atoms with E-state index in [1.54, 1.807) is 28.9 Å². The third-order valence-electron chi connectivity index (χ3n) is 4.71. The minimum Gasteiger partial charge on any atom is -0.321 e. The van der Waals surface area contributed by atoms with Crippen molar-refractivity contribution >= 4 is 24.0 Å². The summed E-state index contributed by atoms with van der Waals surface area (Å²) in [6, 6.07) is 6.58. The molecule has 0 radical (unpaired) electrons. The zero-order valence-electron chi connectivity index (χ0n) is 15.4. The van der Waals surface area contributed by atoms with Gasteiger partial charge in [-0.25, -0.2) is 4.68 Å². The van der Waals surface area contributed by atoms with Gasteiger partial charge < -0.3 is 10.6 Å². The molecule has 154 valence electrons. The van der Waals surface area contributed by atoms with E-state index >= 15 is 0 Å². The molecule has 2 heterocycles. The molecule has 28 heavy (non-hydrogen) atoms. The van der Waals surface area contributed by atoms with Crippen molar-refractivity contribution in [3.05, 3.63) is 41.2 Å². The number of piperidine rings is 1. The van der Waals surface area contributed by atoms with Crippen LogP contribution in [0.15, 0.2) is 24.3 Å². The quantitative estimate of drug-likeness (QED) is 0.778. The van der Waals surface area contributed by atoms with Gasteiger partial charge in [0.25, 0.3) is 5.91 Å². The Morgan fingerprint density at radius 2 is 1.89 bits per heavy atom. The van der Waals surface area contributed by atoms with Crippen LogP contribution in [0.5, 0.6) is 0 Å². The first-order chi connectivity index (χ1) is 12.8. The molecule has 3 rings (SSSR count). The normalized spacial score (nSPS) is 15.1. The van der Waals surface area contributed by atoms with E-state index in [1.807, 2.05) is 6.92 Å². The predicted molar refractivity (Wildman–Crippen MR) is 102 cm³/mol. The summed E-state index contributed by atoms with van der Waals surface area (Å²) in [5.74, 6) is -0.379. The fourth-order valence-corrected chi connectivity index (χ4v) is 3.18. The molecule has 0 aliphatic carbocycles. The Morgan fingerprint density at radius 3 is 2.50 bits per heavy atom. The Balaban J connectivity index is 0.00000280. The summed E-state index contributed by atoms with van der Waals surface area (Å²) in [6.45, 7) is 3.63. The number of aryl methyl sites for hydroxylation is 1. The highest BCUT2D eigenvalue weighted by Crippen LogP contribution is 2.23. The van der Waals surface area contributed by atoms with Crippen LogP contribution in [0.1, 0.15) is 47.1 Å². The molecule has 2 aromatic rings. The summed E-state index contributed by atoms with van der Waals surface area (Å²) in [5, 5.41) is 14.2. The Hall–Kier alpha value is -2.13. The first-order valence-corrected chi connectivity index (χ1v) is 8.93. The summed E-state index contributed by atoms with van der Waals surface area (Å²) >= 11 is 0. The maximum Gasteiger partial charge on any atom is 0.389 e. The van der Waals surface area contributed by atoms with E-state index in [1.165, 1.54) is 0 Å². The maximum absolute atomic E-state index is 12.5. The van der Waals surface area contributed by atoms with Crippen LogP contribution in [0.2, 0.25) is 0 Å². The second-order valence-corrected chi connectivity index (χ2v) is 6.72. The van der Waals surface area contributed by atoms with Crippen molar-refractivity contribution < 1.29 is 18.0 Å². The number of carbonyl (C=O) groups is 1. The largest absolute Gasteiger partial charge is 0.389 e. The number of amides is 1. The second-order valence-electron chi connectivity index (χ2n) is 6.72. The Bertz CT molecular complexity index is 786. The predicted octanol–water partition coefficient (Wildman–Crippen LogP) is 3.68. The fraction of sp³-hybridized carbons (Fsp3) is 0.500. The molecule has 0 spiro atoms. The molecular formula is C18H23ClF3N5O. The van der Waals surface area contributed by atoms with Gasteiger partial charge in [-0.2, -0.15) is 13.2 Å². The number of hydrogen-bond donors (Lipinski definition) is 2. The summed E-state index contributed by atoms with van der Waals surface area (Å²) in [4.78, 5) is 12.5. The van der Waals surface area contributed by atoms with Crippen LogP contribution in [-0.2, 0) is 6.42 Å². The maximum atomic E-state index is 12.5. The number of benzene rings is 1. The van der Waals surface area contributed by atoms with Gasteiger partial charge in [0.05, 0.1) is 11.7 Å². The molecule has 0 unspecified atom stereocenters. The highest BCUT2D eigenvalue weighted by atomic mass is 35.5. The molecule has 1 aromatic carbocycles. The highest BCUT2D eigenvalue weighted by Gasteiger charge is 2.26. The molecule has 0 atom stereocenters. The van der Waals surface area contributed by atoms with Gasteiger partial charge >= 0.3 is 6.18 Å². The van der Waals surface area contributed by atoms with E-state index in [4.69, 9.17) is 0 Å². The number of anilines is 1. The van der Waals surface area contributed by atoms with Crippen molar-refractivity contribution in [1.29, 1.82) is 0 Å². The van der Waals surface area contributed by atoms with Gasteiger partial charge in [0.1, 0.15) is 0 Å². The summed E-state index contributed by atoms with van der Waals surface area (Å²) in [7, 11) is 0. The smallest absolute Gasteiger partial charge is 0.321 e. The zero-order chi connectivity index (χ0) is 19.4. The van der Waals surface area contributed by atoms with Gasteiger partial charge in [0, 0.05) is 12.1 Å². The van der Waals surface area contributed by atoms with Crippen LogP contribution in [0.4, 0.5) is 18.9 Å². The van der Waals surface area contributed by atoms with E-state index in [0.29, 0.717) is 16.9 Å². The topological polar surface area (TPSA) is 71.8 Å². The monoisotopic (exact) mass is 417 g/mol. The van der Waals surface area contributed by atoms with Gasteiger partial charge in [0.2, 0.25) is 0 Å². The minimum atomic E-state index is -4.18. The number of alkyl halides is 3. The summed E-state index contributed by atoms with van der Waals surface area (Å²) in [5.41, 5.74) is 2.04. The molecule has 1 aromatic heterocycles. The third kappa shape index (κ3) is 5.68. The summed E-state index contributed by atoms with van der Waals surface area (Å²) in [6.07, 6.45) is -3.25. The third-order valence-corrected chi connectivity index (χ3v) is 4.71. The number of nitrogens with zero attached hydrogens (tertiary/aromatic N) is 3. The average molecular weight is 418 g/mol. The molecule has 1 aliphatic heterocycles. The van der Waals surface area contributed by atoms with E-state index in [0.717, 1.165) is 25.9 Å². The zero-order valence-corrected chi connectivity index (χ0v) is 16.2. The lowest BCUT2D eigenvalue weighted by molar-refractivity contribution is -0.133. The SMILES string of the molecule is Cc1c(C(=O)Nc2ccc(CCC(F)(F)F)cc2)nnn1C1CCNCC1.Cl. The lowest BCUT2D eigenvalue weighted by atomic mass is 10.1. The van der Waals surface area contributed by atoms with Crippen LogP contribution in [-0.4, -0.2) is 40.2 Å². The van der Waals surface area contributed by atoms with Gasteiger partial charge in [0.15, 0.2) is 5.69 Å². The number of aromatic nitrogens is 3. The van der Waals surface area contributed by atoms with Crippen LogP contribution in [0.3, 0.4) is 0 Å². The standard InChI is InChI=1S/C18H22F3N5O.ClH/c1-12-16(24-25-26(12)15-7-10-22-11-8-15)17(27)23-14-4-2-13(3-5-14)6-9-18(19,20)21;/h2-5,15,22H,6-11H2,1H3,(H,23,27);1H. The van der Waals surface area contributed by atoms with Crippen LogP contribution < -0.4 is 10.6 Å². The first-order valence-electron chi connectivity index (χ1n) is 8.93. The fourth-order valence-electron chi connectivity index (χ4n) is 3.18. The molecular weight excluding hydrogens is 395 g/mol. The molecule has 1 fully saturated rings. The van der Waals surface area contributed by atoms with Crippen molar-refractivity contribution in [2.45, 2.75) is 44.8 Å². The Kier molecular flexibility index (Phi) is 7.42. The van der Waals surface area contributed by atoms with E-state index < -0.39 is 12.6 Å². The van der Waals surface area contributed by atoms with Crippen molar-refractivity contribution in [2.24, 2.45) is 0 Å². The Labute approximate surface area is 167 Å². The number of carbonyl (C=O) groups excluding carboxylic acids is 1. The van der Waals surface area contributed by atoms with E-state index in [2.05, 4.69) is 20.9 Å². The Morgan fingerprint density at radius 1 is 1.25 bits per heavy atom. The van der Waals surface area contributed by atoms with Crippen LogP contribution in [0.25, 0.3) is 0 Å². The minimum absolute atomic E-state index is 0. The molecule has 10 heteroatoms. The second kappa shape index (κ2) is 9.38. The van der Waals surface area contributed by atoms with Gasteiger partial charge in [-0.15, -0.1) is 17.5 Å². The number of rotatable bonds is 5. The number of hydrogen-bond acceptors (Lipinski definition) is 4. The molecule has 6 nitrogen and oxygen atoms in total. The lowest BCUT2D eigenvalue weighted by Gasteiger charge is -2.23. The molecule has 1 saturated heterocycles. The molecule has 0 bridgehead atoms. The van der Waals surface area contributed by atoms with Gasteiger partial charge in [-0.05, 0) is 57.0 Å². The van der Waals surface area contributed by atoms with Crippen LogP contribution in [0, 0.1) is 6.92 Å². The van der Waals surface area contributed by atoms with E-state index in [-0.39, 0.29) is 36.5 Å². The highest BCUT2D eigenvalue weighted by molar-refractivity contribution is 6.03. The van der Waals surface area contributed by atoms with Crippen molar-refractivity contribution in [2.75, 3.05) is 18.4 Å². The number of nitrogens with one attached hydrogen (secondary N) is 2. The van der Waals surface area contributed by atoms with Gasteiger partial charge in [-0.3, -0.25) is 4.79 Å². The first kappa shape index (κ1) is 22.2. The molecule has 0 saturated carbocycles. The molecule has 1 aliphatic rings. The van der Waals surface area contributed by atoms with Crippen molar-refractivity contribution in [3.8, 4) is 0 Å². The van der Waals surface area contributed by atoms with E-state index in [9.17, 15) is 18.0 Å². The van der Waals surface area contributed by atoms with Crippen LogP contribution >= 0.6 is 12.4 Å². The van der Waals surface area contributed by atoms with Gasteiger partial charge in [-0.1, -0.05) is 17.3 Å². The van der Waals surface area contributed by atoms with Crippen molar-refractivity contribution in [3.63, 3.8) is 0 Å². The summed E-state index contributed by atoms with van der Waals surface area (Å²) < 4.78 is 38.6. The lowest BCUT2D eigenvalue weighted by Crippen LogP contribution is -2.30. The molecule has 1 amide bonds. The average Bonchev–Trinajstić information content (AvgIpc) is 3.03.